The van der Waals surface area contributed by atoms with Crippen LogP contribution >= 0.6 is 0 Å². The van der Waals surface area contributed by atoms with Crippen molar-refractivity contribution in [3.63, 3.8) is 0 Å². The Morgan fingerprint density at radius 2 is 1.80 bits per heavy atom. The molecule has 0 spiro atoms. The Kier molecular flexibility index (Phi) is 2.70. The van der Waals surface area contributed by atoms with Crippen molar-refractivity contribution in [2.45, 2.75) is 32.2 Å². The van der Waals surface area contributed by atoms with Crippen molar-refractivity contribution in [2.24, 2.45) is 5.41 Å². The molecular formula is C10H16O5. The van der Waals surface area contributed by atoms with Crippen molar-refractivity contribution in [1.29, 1.82) is 0 Å². The summed E-state index contributed by atoms with van der Waals surface area (Å²) in [6.07, 6.45) is 1.77. The summed E-state index contributed by atoms with van der Waals surface area (Å²) in [5.41, 5.74) is -0.0605. The number of carboxylic acids is 1. The zero-order valence-electron chi connectivity index (χ0n) is 8.82. The maximum atomic E-state index is 10.6. The van der Waals surface area contributed by atoms with Gasteiger partial charge in [0.05, 0.1) is 19.8 Å². The normalized spacial score (nSPS) is 39.3. The van der Waals surface area contributed by atoms with E-state index in [4.69, 9.17) is 19.3 Å². The van der Waals surface area contributed by atoms with Crippen LogP contribution in [0, 0.1) is 5.41 Å². The molecule has 5 nitrogen and oxygen atoms in total. The van der Waals surface area contributed by atoms with Gasteiger partial charge < -0.3 is 19.3 Å². The quantitative estimate of drug-likeness (QED) is 0.758. The summed E-state index contributed by atoms with van der Waals surface area (Å²) in [6, 6.07) is 0. The Bertz CT molecular complexity index is 238. The first-order chi connectivity index (χ1) is 7.10. The highest BCUT2D eigenvalue weighted by Crippen LogP contribution is 2.42. The third-order valence-electron chi connectivity index (χ3n) is 2.94. The molecule has 3 aliphatic heterocycles. The van der Waals surface area contributed by atoms with Gasteiger partial charge in [-0.05, 0) is 6.42 Å². The fraction of sp³-hybridized carbons (Fsp3) is 0.900. The Hall–Kier alpha value is -0.650. The van der Waals surface area contributed by atoms with E-state index in [2.05, 4.69) is 6.92 Å². The number of carboxylic acid groups (broad SMARTS) is 1. The molecule has 0 saturated carbocycles. The van der Waals surface area contributed by atoms with Crippen LogP contribution in [0.5, 0.6) is 0 Å². The van der Waals surface area contributed by atoms with E-state index in [0.29, 0.717) is 19.8 Å². The number of hydrogen-bond donors (Lipinski definition) is 1. The molecule has 0 aromatic heterocycles. The maximum absolute atomic E-state index is 10.6. The second-order valence-electron chi connectivity index (χ2n) is 4.37. The van der Waals surface area contributed by atoms with Crippen LogP contribution < -0.4 is 0 Å². The predicted molar refractivity (Wildman–Crippen MR) is 50.2 cm³/mol. The Morgan fingerprint density at radius 1 is 1.27 bits per heavy atom. The zero-order chi connectivity index (χ0) is 10.9. The molecule has 2 bridgehead atoms. The van der Waals surface area contributed by atoms with Crippen molar-refractivity contribution >= 4 is 5.97 Å². The molecule has 15 heavy (non-hydrogen) atoms. The summed E-state index contributed by atoms with van der Waals surface area (Å²) in [6.45, 7) is 3.71. The summed E-state index contributed by atoms with van der Waals surface area (Å²) in [5.74, 6) is -2.29. The SMILES string of the molecule is CCCC12COC(CC(=O)O)(OC1)OC2. The molecule has 3 rings (SSSR count). The third-order valence-corrected chi connectivity index (χ3v) is 2.94. The molecule has 0 amide bonds. The molecule has 3 fully saturated rings. The van der Waals surface area contributed by atoms with Crippen LogP contribution in [-0.2, 0) is 19.0 Å². The van der Waals surface area contributed by atoms with Crippen LogP contribution in [0.15, 0.2) is 0 Å². The average molecular weight is 216 g/mol. The monoisotopic (exact) mass is 216 g/mol. The molecule has 0 aromatic carbocycles. The van der Waals surface area contributed by atoms with Crippen LogP contribution in [0.2, 0.25) is 0 Å². The maximum Gasteiger partial charge on any atom is 0.311 e. The van der Waals surface area contributed by atoms with Gasteiger partial charge in [0.2, 0.25) is 0 Å². The molecule has 5 heteroatoms. The van der Waals surface area contributed by atoms with Gasteiger partial charge in [0, 0.05) is 5.41 Å². The smallest absolute Gasteiger partial charge is 0.311 e. The second kappa shape index (κ2) is 3.73. The van der Waals surface area contributed by atoms with Crippen molar-refractivity contribution in [1.82, 2.24) is 0 Å². The highest BCUT2D eigenvalue weighted by Gasteiger charge is 2.53. The van der Waals surface area contributed by atoms with E-state index in [1.54, 1.807) is 0 Å². The van der Waals surface area contributed by atoms with E-state index in [1.165, 1.54) is 0 Å². The minimum absolute atomic E-state index is 0.0605. The van der Waals surface area contributed by atoms with Crippen molar-refractivity contribution in [2.75, 3.05) is 19.8 Å². The van der Waals surface area contributed by atoms with Crippen LogP contribution in [0.1, 0.15) is 26.2 Å². The van der Waals surface area contributed by atoms with Gasteiger partial charge in [0.15, 0.2) is 0 Å². The summed E-state index contributed by atoms with van der Waals surface area (Å²) >= 11 is 0. The lowest BCUT2D eigenvalue weighted by Crippen LogP contribution is -2.60. The lowest BCUT2D eigenvalue weighted by atomic mass is 9.84. The molecule has 3 heterocycles. The second-order valence-corrected chi connectivity index (χ2v) is 4.37. The molecule has 0 radical (unpaired) electrons. The number of hydrogen-bond acceptors (Lipinski definition) is 4. The summed E-state index contributed by atoms with van der Waals surface area (Å²) < 4.78 is 16.2. The van der Waals surface area contributed by atoms with Crippen LogP contribution in [0.4, 0.5) is 0 Å². The van der Waals surface area contributed by atoms with Gasteiger partial charge >= 0.3 is 5.97 Å². The topological polar surface area (TPSA) is 65.0 Å². The van der Waals surface area contributed by atoms with E-state index in [9.17, 15) is 4.79 Å². The van der Waals surface area contributed by atoms with Gasteiger partial charge in [-0.2, -0.15) is 0 Å². The van der Waals surface area contributed by atoms with E-state index in [-0.39, 0.29) is 11.8 Å². The standard InChI is InChI=1S/C10H16O5/c1-2-3-9-5-13-10(14-6-9,15-7-9)4-8(11)12/h2-7H2,1H3,(H,11,12). The van der Waals surface area contributed by atoms with Crippen molar-refractivity contribution < 1.29 is 24.1 Å². The molecule has 0 aliphatic carbocycles. The zero-order valence-corrected chi connectivity index (χ0v) is 8.82. The van der Waals surface area contributed by atoms with Gasteiger partial charge in [-0.15, -0.1) is 0 Å². The molecule has 1 N–H and O–H groups in total. The minimum Gasteiger partial charge on any atom is -0.481 e. The number of fused-ring (bicyclic) bond motifs is 3. The molecular weight excluding hydrogens is 200 g/mol. The molecule has 3 aliphatic rings. The van der Waals surface area contributed by atoms with E-state index >= 15 is 0 Å². The fourth-order valence-electron chi connectivity index (χ4n) is 2.12. The first kappa shape index (κ1) is 10.9. The van der Waals surface area contributed by atoms with E-state index in [1.807, 2.05) is 0 Å². The van der Waals surface area contributed by atoms with E-state index in [0.717, 1.165) is 12.8 Å². The van der Waals surface area contributed by atoms with Crippen molar-refractivity contribution in [3.8, 4) is 0 Å². The van der Waals surface area contributed by atoms with Gasteiger partial charge in [0.1, 0.15) is 6.42 Å². The predicted octanol–water partition coefficient (Wildman–Crippen LogP) is 0.978. The number of carbonyl (C=O) groups is 1. The summed E-state index contributed by atoms with van der Waals surface area (Å²) in [5, 5.41) is 8.71. The lowest BCUT2D eigenvalue weighted by molar-refractivity contribution is -0.467. The van der Waals surface area contributed by atoms with Gasteiger partial charge in [-0.1, -0.05) is 13.3 Å². The molecule has 0 aromatic rings. The Balaban J connectivity index is 2.00. The fourth-order valence-corrected chi connectivity index (χ4v) is 2.12. The molecule has 0 unspecified atom stereocenters. The highest BCUT2D eigenvalue weighted by atomic mass is 16.9. The Labute approximate surface area is 88.3 Å². The van der Waals surface area contributed by atoms with Gasteiger partial charge in [-0.3, -0.25) is 4.79 Å². The Morgan fingerprint density at radius 3 is 2.20 bits per heavy atom. The lowest BCUT2D eigenvalue weighted by Gasteiger charge is -2.51. The van der Waals surface area contributed by atoms with Crippen LogP contribution in [-0.4, -0.2) is 36.9 Å². The summed E-state index contributed by atoms with van der Waals surface area (Å²) in [7, 11) is 0. The highest BCUT2D eigenvalue weighted by molar-refractivity contribution is 5.67. The molecule has 0 atom stereocenters. The number of ether oxygens (including phenoxy) is 3. The third kappa shape index (κ3) is 2.00. The molecule has 3 saturated heterocycles. The number of rotatable bonds is 4. The first-order valence-corrected chi connectivity index (χ1v) is 5.23. The van der Waals surface area contributed by atoms with Gasteiger partial charge in [0.25, 0.3) is 5.97 Å². The average Bonchev–Trinajstić information content (AvgIpc) is 2.20. The number of aliphatic carboxylic acids is 1. The van der Waals surface area contributed by atoms with E-state index < -0.39 is 11.9 Å². The van der Waals surface area contributed by atoms with Crippen molar-refractivity contribution in [3.05, 3.63) is 0 Å². The van der Waals surface area contributed by atoms with Crippen LogP contribution in [0.25, 0.3) is 0 Å². The molecule has 86 valence electrons. The largest absolute Gasteiger partial charge is 0.481 e. The minimum atomic E-state index is -1.32. The summed E-state index contributed by atoms with van der Waals surface area (Å²) in [4.78, 5) is 10.6. The van der Waals surface area contributed by atoms with Crippen LogP contribution in [0.3, 0.4) is 0 Å². The van der Waals surface area contributed by atoms with Gasteiger partial charge in [-0.25, -0.2) is 0 Å². The first-order valence-electron chi connectivity index (χ1n) is 5.23.